The molecule has 1 aliphatic rings. The zero-order valence-corrected chi connectivity index (χ0v) is 15.8. The maximum Gasteiger partial charge on any atom is 0.257 e. The van der Waals surface area contributed by atoms with Crippen LogP contribution in [0.2, 0.25) is 0 Å². The van der Waals surface area contributed by atoms with Gasteiger partial charge in [0, 0.05) is 12.2 Å². The molecule has 0 spiro atoms. The molecular weight excluding hydrogens is 360 g/mol. The topological polar surface area (TPSA) is 58.1 Å². The Labute approximate surface area is 169 Å². The molecule has 142 valence electrons. The number of carbonyl (C=O) groups is 1. The van der Waals surface area contributed by atoms with Crippen molar-refractivity contribution in [2.45, 2.75) is 12.6 Å². The lowest BCUT2D eigenvalue weighted by Gasteiger charge is -2.37. The molecule has 4 aromatic rings. The Morgan fingerprint density at radius 3 is 2.45 bits per heavy atom. The maximum atomic E-state index is 13.3. The molecule has 0 saturated carbocycles. The lowest BCUT2D eigenvalue weighted by Crippen LogP contribution is -2.44. The van der Waals surface area contributed by atoms with E-state index >= 15 is 0 Å². The van der Waals surface area contributed by atoms with Gasteiger partial charge in [-0.25, -0.2) is 4.98 Å². The minimum absolute atomic E-state index is 0.00948. The summed E-state index contributed by atoms with van der Waals surface area (Å²) in [6, 6.07) is 25.6. The molecule has 29 heavy (non-hydrogen) atoms. The first-order valence-electron chi connectivity index (χ1n) is 9.72. The standard InChI is InChI=1S/C24H20N4O/c29-24-18-10-4-5-11-19(18)27-23(28(24)15-14-17-8-2-1-3-9-17)22-16-25-20-12-6-7-13-21(20)26-22/h1-13,16,23,27H,14-15H2. The van der Waals surface area contributed by atoms with E-state index < -0.39 is 0 Å². The van der Waals surface area contributed by atoms with Gasteiger partial charge in [0.05, 0.1) is 22.8 Å². The Hall–Kier alpha value is -3.73. The molecule has 0 radical (unpaired) electrons. The van der Waals surface area contributed by atoms with E-state index in [-0.39, 0.29) is 12.1 Å². The minimum atomic E-state index is -0.363. The summed E-state index contributed by atoms with van der Waals surface area (Å²) in [5.41, 5.74) is 5.11. The molecular formula is C24H20N4O. The lowest BCUT2D eigenvalue weighted by molar-refractivity contribution is 0.0682. The number of nitrogens with zero attached hydrogens (tertiary/aromatic N) is 3. The number of carbonyl (C=O) groups excluding carboxylic acids is 1. The van der Waals surface area contributed by atoms with E-state index in [0.29, 0.717) is 12.1 Å². The van der Waals surface area contributed by atoms with Gasteiger partial charge in [-0.15, -0.1) is 0 Å². The smallest absolute Gasteiger partial charge is 0.257 e. The number of rotatable bonds is 4. The van der Waals surface area contributed by atoms with Gasteiger partial charge in [0.2, 0.25) is 0 Å². The number of aromatic nitrogens is 2. The van der Waals surface area contributed by atoms with Gasteiger partial charge in [0.1, 0.15) is 11.9 Å². The number of amides is 1. The van der Waals surface area contributed by atoms with Crippen LogP contribution >= 0.6 is 0 Å². The minimum Gasteiger partial charge on any atom is -0.359 e. The molecule has 0 aliphatic carbocycles. The van der Waals surface area contributed by atoms with Gasteiger partial charge in [-0.2, -0.15) is 0 Å². The SMILES string of the molecule is O=C1c2ccccc2NC(c2cnc3ccccc3n2)N1CCc1ccccc1. The van der Waals surface area contributed by atoms with E-state index in [4.69, 9.17) is 4.98 Å². The zero-order chi connectivity index (χ0) is 19.6. The molecule has 1 amide bonds. The van der Waals surface area contributed by atoms with Crippen molar-refractivity contribution >= 4 is 22.6 Å². The third-order valence-electron chi connectivity index (χ3n) is 5.25. The van der Waals surface area contributed by atoms with Crippen LogP contribution in [-0.2, 0) is 6.42 Å². The summed E-state index contributed by atoms with van der Waals surface area (Å²) < 4.78 is 0. The summed E-state index contributed by atoms with van der Waals surface area (Å²) in [5, 5.41) is 3.50. The molecule has 1 aliphatic heterocycles. The third-order valence-corrected chi connectivity index (χ3v) is 5.25. The maximum absolute atomic E-state index is 13.3. The highest BCUT2D eigenvalue weighted by Crippen LogP contribution is 2.32. The molecule has 0 bridgehead atoms. The van der Waals surface area contributed by atoms with Crippen molar-refractivity contribution in [3.8, 4) is 0 Å². The van der Waals surface area contributed by atoms with Crippen LogP contribution in [0.3, 0.4) is 0 Å². The van der Waals surface area contributed by atoms with Crippen molar-refractivity contribution in [3.63, 3.8) is 0 Å². The third kappa shape index (κ3) is 3.31. The fourth-order valence-electron chi connectivity index (χ4n) is 3.75. The lowest BCUT2D eigenvalue weighted by atomic mass is 10.0. The summed E-state index contributed by atoms with van der Waals surface area (Å²) in [4.78, 5) is 24.5. The van der Waals surface area contributed by atoms with Gasteiger partial charge in [0.15, 0.2) is 0 Å². The summed E-state index contributed by atoms with van der Waals surface area (Å²) in [5.74, 6) is 0.00948. The number of anilines is 1. The molecule has 1 atom stereocenters. The molecule has 1 aromatic heterocycles. The largest absolute Gasteiger partial charge is 0.359 e. The predicted octanol–water partition coefficient (Wildman–Crippen LogP) is 4.44. The Morgan fingerprint density at radius 2 is 1.59 bits per heavy atom. The van der Waals surface area contributed by atoms with Crippen molar-refractivity contribution in [2.24, 2.45) is 0 Å². The van der Waals surface area contributed by atoms with Gasteiger partial charge in [-0.3, -0.25) is 9.78 Å². The van der Waals surface area contributed by atoms with Crippen molar-refractivity contribution in [3.05, 3.63) is 102 Å². The van der Waals surface area contributed by atoms with Gasteiger partial charge < -0.3 is 10.2 Å². The molecule has 3 aromatic carbocycles. The number of para-hydroxylation sites is 3. The van der Waals surface area contributed by atoms with Crippen molar-refractivity contribution in [1.82, 2.24) is 14.9 Å². The van der Waals surface area contributed by atoms with Gasteiger partial charge >= 0.3 is 0 Å². The van der Waals surface area contributed by atoms with Crippen molar-refractivity contribution < 1.29 is 4.79 Å². The average Bonchev–Trinajstić information content (AvgIpc) is 2.79. The molecule has 1 unspecified atom stereocenters. The summed E-state index contributed by atoms with van der Waals surface area (Å²) >= 11 is 0. The monoisotopic (exact) mass is 380 g/mol. The van der Waals surface area contributed by atoms with E-state index in [2.05, 4.69) is 22.4 Å². The first-order valence-corrected chi connectivity index (χ1v) is 9.72. The van der Waals surface area contributed by atoms with Crippen LogP contribution < -0.4 is 5.32 Å². The fraction of sp³-hybridized carbons (Fsp3) is 0.125. The number of benzene rings is 3. The van der Waals surface area contributed by atoms with E-state index in [1.54, 1.807) is 6.20 Å². The molecule has 5 heteroatoms. The molecule has 5 nitrogen and oxygen atoms in total. The molecule has 2 heterocycles. The van der Waals surface area contributed by atoms with Crippen LogP contribution in [0.5, 0.6) is 0 Å². The first-order chi connectivity index (χ1) is 14.3. The predicted molar refractivity (Wildman–Crippen MR) is 114 cm³/mol. The number of hydrogen-bond acceptors (Lipinski definition) is 4. The molecule has 0 fully saturated rings. The van der Waals surface area contributed by atoms with Crippen LogP contribution in [0.4, 0.5) is 5.69 Å². The van der Waals surface area contributed by atoms with Crippen LogP contribution in [0, 0.1) is 0 Å². The highest BCUT2D eigenvalue weighted by Gasteiger charge is 2.33. The summed E-state index contributed by atoms with van der Waals surface area (Å²) in [6.45, 7) is 0.587. The van der Waals surface area contributed by atoms with Gasteiger partial charge in [-0.1, -0.05) is 54.6 Å². The van der Waals surface area contributed by atoms with Crippen LogP contribution in [0.1, 0.15) is 27.8 Å². The first kappa shape index (κ1) is 17.4. The number of nitrogens with one attached hydrogen (secondary N) is 1. The second kappa shape index (κ2) is 7.36. The van der Waals surface area contributed by atoms with Crippen molar-refractivity contribution in [2.75, 3.05) is 11.9 Å². The zero-order valence-electron chi connectivity index (χ0n) is 15.8. The Bertz CT molecular complexity index is 1180. The quantitative estimate of drug-likeness (QED) is 0.569. The Kier molecular flexibility index (Phi) is 4.41. The second-order valence-corrected chi connectivity index (χ2v) is 7.11. The van der Waals surface area contributed by atoms with Gasteiger partial charge in [-0.05, 0) is 36.2 Å². The highest BCUT2D eigenvalue weighted by molar-refractivity contribution is 6.01. The van der Waals surface area contributed by atoms with E-state index in [1.165, 1.54) is 5.56 Å². The van der Waals surface area contributed by atoms with Crippen LogP contribution in [0.15, 0.2) is 85.1 Å². The van der Waals surface area contributed by atoms with E-state index in [9.17, 15) is 4.79 Å². The second-order valence-electron chi connectivity index (χ2n) is 7.11. The molecule has 0 saturated heterocycles. The highest BCUT2D eigenvalue weighted by atomic mass is 16.2. The Morgan fingerprint density at radius 1 is 0.862 bits per heavy atom. The molecule has 5 rings (SSSR count). The van der Waals surface area contributed by atoms with Crippen molar-refractivity contribution in [1.29, 1.82) is 0 Å². The van der Waals surface area contributed by atoms with E-state index in [0.717, 1.165) is 28.8 Å². The number of hydrogen-bond donors (Lipinski definition) is 1. The fourth-order valence-corrected chi connectivity index (χ4v) is 3.75. The normalized spacial score (nSPS) is 15.8. The van der Waals surface area contributed by atoms with E-state index in [1.807, 2.05) is 71.6 Å². The van der Waals surface area contributed by atoms with Crippen LogP contribution in [-0.4, -0.2) is 27.3 Å². The summed E-state index contributed by atoms with van der Waals surface area (Å²) in [7, 11) is 0. The summed E-state index contributed by atoms with van der Waals surface area (Å²) in [6.07, 6.45) is 2.17. The van der Waals surface area contributed by atoms with Crippen LogP contribution in [0.25, 0.3) is 11.0 Å². The average molecular weight is 380 g/mol. The molecule has 1 N–H and O–H groups in total. The Balaban J connectivity index is 1.53. The van der Waals surface area contributed by atoms with Gasteiger partial charge in [0.25, 0.3) is 5.91 Å². The number of fused-ring (bicyclic) bond motifs is 2.